The first kappa shape index (κ1) is 20.8. The third-order valence-corrected chi connectivity index (χ3v) is 6.84. The first-order valence-electron chi connectivity index (χ1n) is 10.7. The Labute approximate surface area is 192 Å². The van der Waals surface area contributed by atoms with E-state index in [1.807, 2.05) is 47.1 Å². The maximum Gasteiger partial charge on any atom is 0.227 e. The fourth-order valence-corrected chi connectivity index (χ4v) is 5.28. The van der Waals surface area contributed by atoms with E-state index in [0.29, 0.717) is 17.5 Å². The predicted molar refractivity (Wildman–Crippen MR) is 126 cm³/mol. The van der Waals surface area contributed by atoms with E-state index in [0.717, 1.165) is 34.8 Å². The molecule has 1 unspecified atom stereocenters. The van der Waals surface area contributed by atoms with Gasteiger partial charge in [0.05, 0.1) is 7.11 Å². The number of Topliss-reactive ketones (excluding diaryl/α,β-unsaturated/α-hetero) is 1. The van der Waals surface area contributed by atoms with Crippen LogP contribution in [0.15, 0.2) is 71.0 Å². The molecule has 1 aromatic heterocycles. The Morgan fingerprint density at radius 1 is 1.16 bits per heavy atom. The molecule has 0 amide bonds. The van der Waals surface area contributed by atoms with Gasteiger partial charge in [0.2, 0.25) is 11.1 Å². The number of nitrogens with one attached hydrogen (secondary N) is 1. The smallest absolute Gasteiger partial charge is 0.227 e. The number of rotatable bonds is 5. The lowest BCUT2D eigenvalue weighted by atomic mass is 9.73. The lowest BCUT2D eigenvalue weighted by molar-refractivity contribution is -0.118. The fraction of sp³-hybridized carbons (Fsp3) is 0.320. The van der Waals surface area contributed by atoms with E-state index in [2.05, 4.69) is 31.3 Å². The number of ether oxygens (including phenoxy) is 1. The fourth-order valence-electron chi connectivity index (χ4n) is 4.49. The van der Waals surface area contributed by atoms with Gasteiger partial charge in [-0.3, -0.25) is 4.79 Å². The maximum atomic E-state index is 13.3. The molecule has 164 valence electrons. The molecule has 6 nitrogen and oxygen atoms in total. The number of allylic oxidation sites excluding steroid dienone is 2. The summed E-state index contributed by atoms with van der Waals surface area (Å²) in [6.45, 7) is 4.27. The van der Waals surface area contributed by atoms with E-state index in [-0.39, 0.29) is 17.2 Å². The monoisotopic (exact) mass is 446 g/mol. The highest BCUT2D eigenvalue weighted by Gasteiger charge is 2.42. The van der Waals surface area contributed by atoms with Crippen LogP contribution in [0.1, 0.15) is 43.9 Å². The minimum Gasteiger partial charge on any atom is -0.497 e. The van der Waals surface area contributed by atoms with E-state index in [1.54, 1.807) is 18.9 Å². The number of aromatic nitrogens is 3. The second-order valence-electron chi connectivity index (χ2n) is 9.07. The van der Waals surface area contributed by atoms with Gasteiger partial charge in [-0.1, -0.05) is 68.1 Å². The Morgan fingerprint density at radius 2 is 1.97 bits per heavy atom. The van der Waals surface area contributed by atoms with Crippen molar-refractivity contribution in [1.29, 1.82) is 0 Å². The van der Waals surface area contributed by atoms with Gasteiger partial charge in [-0.25, -0.2) is 4.68 Å². The van der Waals surface area contributed by atoms with Crippen molar-refractivity contribution >= 4 is 23.5 Å². The van der Waals surface area contributed by atoms with E-state index in [1.165, 1.54) is 5.56 Å². The number of benzene rings is 2. The van der Waals surface area contributed by atoms with E-state index < -0.39 is 0 Å². The molecule has 1 atom stereocenters. The molecule has 7 heteroatoms. The van der Waals surface area contributed by atoms with Crippen molar-refractivity contribution in [3.8, 4) is 5.75 Å². The van der Waals surface area contributed by atoms with Crippen LogP contribution in [0.5, 0.6) is 5.75 Å². The lowest BCUT2D eigenvalue weighted by Crippen LogP contribution is -2.36. The minimum atomic E-state index is -0.321. The summed E-state index contributed by atoms with van der Waals surface area (Å²) in [4.78, 5) is 18.1. The number of fused-ring (bicyclic) bond motifs is 1. The number of nitrogens with zero attached hydrogens (tertiary/aromatic N) is 3. The molecule has 0 bridgehead atoms. The van der Waals surface area contributed by atoms with Crippen LogP contribution in [-0.2, 0) is 10.5 Å². The molecule has 0 saturated carbocycles. The van der Waals surface area contributed by atoms with Gasteiger partial charge in [-0.05, 0) is 35.1 Å². The van der Waals surface area contributed by atoms with E-state index in [4.69, 9.17) is 14.8 Å². The second-order valence-corrected chi connectivity index (χ2v) is 10.0. The summed E-state index contributed by atoms with van der Waals surface area (Å²) in [7, 11) is 1.65. The zero-order valence-corrected chi connectivity index (χ0v) is 19.3. The highest BCUT2D eigenvalue weighted by atomic mass is 32.2. The van der Waals surface area contributed by atoms with Gasteiger partial charge in [-0.15, -0.1) is 5.10 Å². The summed E-state index contributed by atoms with van der Waals surface area (Å²) in [5.41, 5.74) is 3.84. The Morgan fingerprint density at radius 3 is 2.75 bits per heavy atom. The molecule has 0 saturated heterocycles. The number of ketones is 1. The second kappa shape index (κ2) is 8.13. The summed E-state index contributed by atoms with van der Waals surface area (Å²) in [6, 6.07) is 17.8. The highest BCUT2D eigenvalue weighted by molar-refractivity contribution is 7.98. The summed E-state index contributed by atoms with van der Waals surface area (Å²) < 4.78 is 7.31. The molecule has 5 rings (SSSR count). The topological polar surface area (TPSA) is 69.0 Å². The molecule has 2 heterocycles. The number of hydrogen-bond donors (Lipinski definition) is 1. The first-order chi connectivity index (χ1) is 15.4. The van der Waals surface area contributed by atoms with Crippen molar-refractivity contribution in [2.45, 2.75) is 43.6 Å². The van der Waals surface area contributed by atoms with Gasteiger partial charge in [0, 0.05) is 23.4 Å². The Bertz CT molecular complexity index is 1200. The van der Waals surface area contributed by atoms with Crippen LogP contribution in [-0.4, -0.2) is 27.7 Å². The molecule has 0 radical (unpaired) electrons. The first-order valence-corrected chi connectivity index (χ1v) is 11.7. The minimum absolute atomic E-state index is 0.0884. The van der Waals surface area contributed by atoms with Gasteiger partial charge in [0.1, 0.15) is 11.8 Å². The SMILES string of the molecule is COc1cccc(C2C3=C(CC(C)(C)CC3=O)Nc3nc(SCc4ccccc4)nn32)c1. The molecule has 1 aliphatic heterocycles. The standard InChI is InChI=1S/C25H26N4O2S/c1-25(2)13-19-21(20(30)14-25)22(17-10-7-11-18(12-17)31-3)29-23(26-19)27-24(28-29)32-15-16-8-5-4-6-9-16/h4-12,22H,13-15H2,1-3H3,(H,26,27,28). The van der Waals surface area contributed by atoms with E-state index >= 15 is 0 Å². The predicted octanol–water partition coefficient (Wildman–Crippen LogP) is 5.24. The normalized spacial score (nSPS) is 19.2. The Kier molecular flexibility index (Phi) is 5.29. The Hall–Kier alpha value is -3.06. The number of carbonyl (C=O) groups excluding carboxylic acids is 1. The molecule has 3 aromatic rings. The summed E-state index contributed by atoms with van der Waals surface area (Å²) in [6.07, 6.45) is 1.32. The largest absolute Gasteiger partial charge is 0.497 e. The zero-order valence-electron chi connectivity index (χ0n) is 18.5. The highest BCUT2D eigenvalue weighted by Crippen LogP contribution is 2.46. The third-order valence-electron chi connectivity index (χ3n) is 5.93. The molecule has 2 aliphatic rings. The van der Waals surface area contributed by atoms with Crippen LogP contribution in [0.2, 0.25) is 0 Å². The van der Waals surface area contributed by atoms with Gasteiger partial charge in [-0.2, -0.15) is 4.98 Å². The summed E-state index contributed by atoms with van der Waals surface area (Å²) in [5, 5.41) is 8.95. The molecule has 0 spiro atoms. The molecule has 2 aromatic carbocycles. The molecular weight excluding hydrogens is 420 g/mol. The number of anilines is 1. The quantitative estimate of drug-likeness (QED) is 0.541. The molecule has 32 heavy (non-hydrogen) atoms. The van der Waals surface area contributed by atoms with Gasteiger partial charge >= 0.3 is 0 Å². The van der Waals surface area contributed by atoms with Crippen LogP contribution in [0.25, 0.3) is 0 Å². The number of carbonyl (C=O) groups is 1. The zero-order chi connectivity index (χ0) is 22.3. The van der Waals surface area contributed by atoms with Gasteiger partial charge < -0.3 is 10.1 Å². The number of hydrogen-bond acceptors (Lipinski definition) is 6. The van der Waals surface area contributed by atoms with E-state index in [9.17, 15) is 4.79 Å². The van der Waals surface area contributed by atoms with Crippen molar-refractivity contribution in [2.75, 3.05) is 12.4 Å². The Balaban J connectivity index is 1.55. The van der Waals surface area contributed by atoms with Crippen molar-refractivity contribution < 1.29 is 9.53 Å². The molecule has 0 fully saturated rings. The maximum absolute atomic E-state index is 13.3. The van der Waals surface area contributed by atoms with Crippen molar-refractivity contribution in [1.82, 2.24) is 14.8 Å². The van der Waals surface area contributed by atoms with Crippen LogP contribution >= 0.6 is 11.8 Å². The van der Waals surface area contributed by atoms with Crippen molar-refractivity contribution in [3.63, 3.8) is 0 Å². The van der Waals surface area contributed by atoms with Crippen LogP contribution in [0, 0.1) is 5.41 Å². The number of methoxy groups -OCH3 is 1. The summed E-state index contributed by atoms with van der Waals surface area (Å²) in [5.74, 6) is 2.38. The average molecular weight is 447 g/mol. The summed E-state index contributed by atoms with van der Waals surface area (Å²) >= 11 is 1.59. The third kappa shape index (κ3) is 3.93. The molecule has 1 aliphatic carbocycles. The van der Waals surface area contributed by atoms with Crippen LogP contribution < -0.4 is 10.1 Å². The lowest BCUT2D eigenvalue weighted by Gasteiger charge is -2.38. The number of thioether (sulfide) groups is 1. The molecule has 1 N–H and O–H groups in total. The van der Waals surface area contributed by atoms with Crippen molar-refractivity contribution in [3.05, 3.63) is 77.0 Å². The molecular formula is C25H26N4O2S. The average Bonchev–Trinajstić information content (AvgIpc) is 3.18. The van der Waals surface area contributed by atoms with Crippen molar-refractivity contribution in [2.24, 2.45) is 5.41 Å². The van der Waals surface area contributed by atoms with Crippen LogP contribution in [0.4, 0.5) is 5.95 Å². The van der Waals surface area contributed by atoms with Crippen LogP contribution in [0.3, 0.4) is 0 Å². The van der Waals surface area contributed by atoms with Gasteiger partial charge in [0.25, 0.3) is 0 Å². The van der Waals surface area contributed by atoms with Gasteiger partial charge in [0.15, 0.2) is 5.78 Å².